The molecule has 0 atom stereocenters. The van der Waals surface area contributed by atoms with Crippen molar-refractivity contribution in [2.75, 3.05) is 0 Å². The van der Waals surface area contributed by atoms with Crippen LogP contribution in [0.25, 0.3) is 0 Å². The fraction of sp³-hybridized carbons (Fsp3) is 0.364. The number of hydrogen-bond acceptors (Lipinski definition) is 2. The predicted molar refractivity (Wildman–Crippen MR) is 60.4 cm³/mol. The topological polar surface area (TPSA) is 66.6 Å². The number of carbonyl (C=O) groups is 1. The number of carbonyl (C=O) groups excluding carboxylic acids is 1. The van der Waals surface area contributed by atoms with Gasteiger partial charge in [0.05, 0.1) is 6.04 Å². The first kappa shape index (κ1) is 11.2. The molecule has 0 aromatic heterocycles. The molecule has 2 amide bonds. The number of urea groups is 1. The van der Waals surface area contributed by atoms with Gasteiger partial charge in [0.15, 0.2) is 0 Å². The third-order valence-electron chi connectivity index (χ3n) is 3.00. The Morgan fingerprint density at radius 2 is 2.19 bits per heavy atom. The van der Waals surface area contributed by atoms with E-state index >= 15 is 0 Å². The van der Waals surface area contributed by atoms with Crippen LogP contribution in [0, 0.1) is 0 Å². The number of rotatable bonds is 2. The molecule has 16 heavy (non-hydrogen) atoms. The Bertz CT molecular complexity index is 405. The number of nitrogens with two attached hydrogens (primary N) is 1. The quantitative estimate of drug-likeness (QED) is 0.616. The maximum absolute atomic E-state index is 10.7. The van der Waals surface area contributed by atoms with Crippen LogP contribution in [0.5, 0.6) is 0 Å². The van der Waals surface area contributed by atoms with Crippen molar-refractivity contribution >= 4 is 17.6 Å². The second kappa shape index (κ2) is 4.31. The van der Waals surface area contributed by atoms with Crippen molar-refractivity contribution < 1.29 is 10.0 Å². The summed E-state index contributed by atoms with van der Waals surface area (Å²) in [7, 11) is 0. The summed E-state index contributed by atoms with van der Waals surface area (Å²) < 4.78 is 0. The van der Waals surface area contributed by atoms with E-state index in [4.69, 9.17) is 17.3 Å². The molecule has 0 aliphatic heterocycles. The fourth-order valence-electron chi connectivity index (χ4n) is 2.00. The first-order valence-corrected chi connectivity index (χ1v) is 5.48. The minimum Gasteiger partial charge on any atom is -0.350 e. The molecular weight excluding hydrogens is 228 g/mol. The molecule has 1 aromatic carbocycles. The summed E-state index contributed by atoms with van der Waals surface area (Å²) >= 11 is 5.89. The molecule has 4 nitrogen and oxygen atoms in total. The number of amides is 2. The zero-order valence-corrected chi connectivity index (χ0v) is 9.39. The lowest BCUT2D eigenvalue weighted by Crippen LogP contribution is -2.47. The highest BCUT2D eigenvalue weighted by atomic mass is 35.5. The van der Waals surface area contributed by atoms with E-state index < -0.39 is 6.03 Å². The lowest BCUT2D eigenvalue weighted by Gasteiger charge is -2.39. The van der Waals surface area contributed by atoms with Crippen LogP contribution < -0.4 is 5.73 Å². The molecule has 1 saturated carbocycles. The molecule has 1 aliphatic carbocycles. The molecule has 3 N–H and O–H groups in total. The highest BCUT2D eigenvalue weighted by molar-refractivity contribution is 6.30. The van der Waals surface area contributed by atoms with Crippen molar-refractivity contribution in [3.8, 4) is 0 Å². The van der Waals surface area contributed by atoms with Gasteiger partial charge in [-0.1, -0.05) is 23.7 Å². The smallest absolute Gasteiger partial charge is 0.338 e. The van der Waals surface area contributed by atoms with Gasteiger partial charge >= 0.3 is 6.03 Å². The molecule has 1 aliphatic rings. The Labute approximate surface area is 98.6 Å². The number of hydrogen-bond donors (Lipinski definition) is 2. The van der Waals surface area contributed by atoms with E-state index in [9.17, 15) is 10.0 Å². The molecule has 0 spiro atoms. The van der Waals surface area contributed by atoms with E-state index in [1.807, 2.05) is 24.3 Å². The van der Waals surface area contributed by atoms with Gasteiger partial charge in [-0.15, -0.1) is 0 Å². The van der Waals surface area contributed by atoms with E-state index in [2.05, 4.69) is 0 Å². The molecule has 2 rings (SSSR count). The molecular formula is C11H13ClN2O2. The zero-order valence-electron chi connectivity index (χ0n) is 8.64. The third-order valence-corrected chi connectivity index (χ3v) is 3.24. The van der Waals surface area contributed by atoms with Crippen molar-refractivity contribution in [2.24, 2.45) is 5.73 Å². The average Bonchev–Trinajstić information content (AvgIpc) is 2.15. The van der Waals surface area contributed by atoms with Crippen molar-refractivity contribution in [3.63, 3.8) is 0 Å². The molecule has 0 unspecified atom stereocenters. The van der Waals surface area contributed by atoms with Gasteiger partial charge in [0.2, 0.25) is 0 Å². The molecule has 0 radical (unpaired) electrons. The predicted octanol–water partition coefficient (Wildman–Crippen LogP) is 2.36. The van der Waals surface area contributed by atoms with E-state index in [0.29, 0.717) is 16.0 Å². The molecule has 0 saturated heterocycles. The van der Waals surface area contributed by atoms with Gasteiger partial charge in [0, 0.05) is 5.02 Å². The lowest BCUT2D eigenvalue weighted by atomic mass is 9.76. The van der Waals surface area contributed by atoms with Gasteiger partial charge in [-0.05, 0) is 36.5 Å². The van der Waals surface area contributed by atoms with Gasteiger partial charge in [-0.3, -0.25) is 5.21 Å². The highest BCUT2D eigenvalue weighted by Crippen LogP contribution is 2.39. The second-order valence-corrected chi connectivity index (χ2v) is 4.50. The van der Waals surface area contributed by atoms with Gasteiger partial charge in [0.25, 0.3) is 0 Å². The monoisotopic (exact) mass is 240 g/mol. The Balaban J connectivity index is 1.96. The SMILES string of the molecule is NC(=O)N(O)C1CC(c2cccc(Cl)c2)C1. The first-order valence-electron chi connectivity index (χ1n) is 5.11. The van der Waals surface area contributed by atoms with Crippen LogP contribution in [-0.4, -0.2) is 22.3 Å². The van der Waals surface area contributed by atoms with Crippen molar-refractivity contribution in [2.45, 2.75) is 24.8 Å². The van der Waals surface area contributed by atoms with Crippen LogP contribution in [0.4, 0.5) is 4.79 Å². The molecule has 1 fully saturated rings. The molecule has 5 heteroatoms. The van der Waals surface area contributed by atoms with Gasteiger partial charge in [0.1, 0.15) is 0 Å². The Hall–Kier alpha value is -1.26. The van der Waals surface area contributed by atoms with Crippen molar-refractivity contribution in [1.82, 2.24) is 5.06 Å². The van der Waals surface area contributed by atoms with Crippen molar-refractivity contribution in [1.29, 1.82) is 0 Å². The summed E-state index contributed by atoms with van der Waals surface area (Å²) in [5.41, 5.74) is 6.11. The minimum atomic E-state index is -0.797. The fourth-order valence-corrected chi connectivity index (χ4v) is 2.20. The highest BCUT2D eigenvalue weighted by Gasteiger charge is 2.35. The number of benzene rings is 1. The zero-order chi connectivity index (χ0) is 11.7. The van der Waals surface area contributed by atoms with Crippen LogP contribution in [0.1, 0.15) is 24.3 Å². The van der Waals surface area contributed by atoms with Crippen LogP contribution in [0.15, 0.2) is 24.3 Å². The number of nitrogens with zero attached hydrogens (tertiary/aromatic N) is 1. The van der Waals surface area contributed by atoms with Crippen LogP contribution in [0.2, 0.25) is 5.02 Å². The summed E-state index contributed by atoms with van der Waals surface area (Å²) in [5.74, 6) is 0.345. The normalized spacial score (nSPS) is 23.6. The second-order valence-electron chi connectivity index (χ2n) is 4.06. The van der Waals surface area contributed by atoms with E-state index in [0.717, 1.165) is 18.4 Å². The maximum Gasteiger partial charge on any atom is 0.338 e. The number of hydroxylamine groups is 2. The van der Waals surface area contributed by atoms with Gasteiger partial charge in [-0.25, -0.2) is 9.86 Å². The molecule has 86 valence electrons. The van der Waals surface area contributed by atoms with E-state index in [1.54, 1.807) is 0 Å². The average molecular weight is 241 g/mol. The number of halogens is 1. The molecule has 1 aromatic rings. The Kier molecular flexibility index (Phi) is 3.03. The number of primary amides is 1. The summed E-state index contributed by atoms with van der Waals surface area (Å²) in [5, 5.41) is 10.6. The van der Waals surface area contributed by atoms with Crippen molar-refractivity contribution in [3.05, 3.63) is 34.9 Å². The largest absolute Gasteiger partial charge is 0.350 e. The Morgan fingerprint density at radius 3 is 2.75 bits per heavy atom. The van der Waals surface area contributed by atoms with E-state index in [-0.39, 0.29) is 6.04 Å². The molecule has 0 bridgehead atoms. The Morgan fingerprint density at radius 1 is 1.50 bits per heavy atom. The summed E-state index contributed by atoms with van der Waals surface area (Å²) in [6, 6.07) is 6.67. The van der Waals surface area contributed by atoms with Gasteiger partial charge in [-0.2, -0.15) is 0 Å². The minimum absolute atomic E-state index is 0.165. The lowest BCUT2D eigenvalue weighted by molar-refractivity contribution is -0.102. The van der Waals surface area contributed by atoms with Crippen LogP contribution >= 0.6 is 11.6 Å². The standard InChI is InChI=1S/C11H13ClN2O2/c12-9-3-1-2-7(4-9)8-5-10(6-8)14(16)11(13)15/h1-4,8,10,16H,5-6H2,(H2,13,15). The summed E-state index contributed by atoms with van der Waals surface area (Å²) in [6.07, 6.45) is 1.44. The maximum atomic E-state index is 10.7. The van der Waals surface area contributed by atoms with E-state index in [1.165, 1.54) is 0 Å². The summed E-state index contributed by atoms with van der Waals surface area (Å²) in [4.78, 5) is 10.7. The van der Waals surface area contributed by atoms with Crippen LogP contribution in [-0.2, 0) is 0 Å². The van der Waals surface area contributed by atoms with Gasteiger partial charge < -0.3 is 5.73 Å². The summed E-state index contributed by atoms with van der Waals surface area (Å²) in [6.45, 7) is 0. The van der Waals surface area contributed by atoms with Crippen LogP contribution in [0.3, 0.4) is 0 Å². The first-order chi connectivity index (χ1) is 7.58. The third kappa shape index (κ3) is 2.13. The molecule has 0 heterocycles.